The molecule has 0 saturated carbocycles. The van der Waals surface area contributed by atoms with E-state index in [9.17, 15) is 0 Å². The molecule has 0 aliphatic heterocycles. The molecular weight excluding hydrogens is 434 g/mol. The summed E-state index contributed by atoms with van der Waals surface area (Å²) in [5.74, 6) is 2.74. The molecule has 0 saturated heterocycles. The van der Waals surface area contributed by atoms with E-state index < -0.39 is 18.8 Å². The van der Waals surface area contributed by atoms with Gasteiger partial charge in [0, 0.05) is 0 Å². The van der Waals surface area contributed by atoms with E-state index >= 15 is 0 Å². The Labute approximate surface area is 159 Å². The average molecular weight is 458 g/mol. The predicted octanol–water partition coefficient (Wildman–Crippen LogP) is 2.81. The minimum absolute atomic E-state index is 0.915. The molecule has 0 amide bonds. The second kappa shape index (κ2) is 8.05. The van der Waals surface area contributed by atoms with Gasteiger partial charge >= 0.3 is 160 Å². The van der Waals surface area contributed by atoms with E-state index in [1.807, 2.05) is 36.4 Å². The third kappa shape index (κ3) is 3.17. The van der Waals surface area contributed by atoms with E-state index in [0.29, 0.717) is 0 Å². The Kier molecular flexibility index (Phi) is 5.78. The van der Waals surface area contributed by atoms with Crippen molar-refractivity contribution in [3.63, 3.8) is 0 Å². The van der Waals surface area contributed by atoms with Gasteiger partial charge in [0.1, 0.15) is 0 Å². The van der Waals surface area contributed by atoms with Crippen molar-refractivity contribution >= 4 is 29.3 Å². The van der Waals surface area contributed by atoms with Crippen molar-refractivity contribution in [2.45, 2.75) is 4.87 Å². The van der Waals surface area contributed by atoms with Crippen LogP contribution < -0.4 is 24.7 Å². The summed E-state index contributed by atoms with van der Waals surface area (Å²) in [7, 11) is 5.19. The summed E-state index contributed by atoms with van der Waals surface area (Å²) in [6.45, 7) is 0. The van der Waals surface area contributed by atoms with Crippen molar-refractivity contribution in [2.75, 3.05) is 21.3 Å². The summed E-state index contributed by atoms with van der Waals surface area (Å²) >= 11 is -3.30. The SMILES string of the molecule is COc1cccc[c]1[Sb+]([CH3])([c]1ccccc1OC)[c]1ccccc1OC. The van der Waals surface area contributed by atoms with Gasteiger partial charge in [-0.1, -0.05) is 0 Å². The second-order valence-corrected chi connectivity index (χ2v) is 15.9. The zero-order valence-corrected chi connectivity index (χ0v) is 18.2. The maximum atomic E-state index is 5.75. The minimum atomic E-state index is -3.30. The molecule has 0 N–H and O–H groups in total. The first-order valence-electron chi connectivity index (χ1n) is 8.44. The first-order valence-corrected chi connectivity index (χ1v) is 14.8. The average Bonchev–Trinajstić information content (AvgIpc) is 2.73. The first-order chi connectivity index (χ1) is 12.7. The third-order valence-electron chi connectivity index (χ3n) is 4.70. The third-order valence-corrected chi connectivity index (χ3v) is 16.1. The molecule has 0 atom stereocenters. The van der Waals surface area contributed by atoms with Gasteiger partial charge in [0.05, 0.1) is 0 Å². The predicted molar refractivity (Wildman–Crippen MR) is 110 cm³/mol. The number of hydrogen-bond donors (Lipinski definition) is 0. The van der Waals surface area contributed by atoms with Crippen molar-refractivity contribution in [1.82, 2.24) is 0 Å². The first kappa shape index (κ1) is 18.7. The van der Waals surface area contributed by atoms with E-state index in [-0.39, 0.29) is 0 Å². The van der Waals surface area contributed by atoms with Crippen LogP contribution in [0.2, 0.25) is 4.87 Å². The van der Waals surface area contributed by atoms with Gasteiger partial charge in [-0.25, -0.2) is 0 Å². The molecule has 0 aliphatic carbocycles. The van der Waals surface area contributed by atoms with Crippen molar-refractivity contribution in [2.24, 2.45) is 0 Å². The Hall–Kier alpha value is -2.12. The summed E-state index contributed by atoms with van der Waals surface area (Å²) in [4.78, 5) is 2.38. The Balaban J connectivity index is 2.40. The normalized spacial score (nSPS) is 11.1. The fourth-order valence-corrected chi connectivity index (χ4v) is 14.1. The quantitative estimate of drug-likeness (QED) is 0.532. The molecule has 0 unspecified atom stereocenters. The van der Waals surface area contributed by atoms with Gasteiger partial charge in [-0.15, -0.1) is 0 Å². The Bertz CT molecular complexity index is 776. The van der Waals surface area contributed by atoms with Crippen molar-refractivity contribution in [1.29, 1.82) is 0 Å². The van der Waals surface area contributed by atoms with E-state index in [2.05, 4.69) is 41.3 Å². The Morgan fingerprint density at radius 1 is 0.500 bits per heavy atom. The molecule has 26 heavy (non-hydrogen) atoms. The zero-order chi connectivity index (χ0) is 18.6. The summed E-state index contributed by atoms with van der Waals surface area (Å²) in [6, 6.07) is 24.9. The molecule has 0 heterocycles. The van der Waals surface area contributed by atoms with Crippen molar-refractivity contribution < 1.29 is 14.2 Å². The maximum absolute atomic E-state index is 5.75. The van der Waals surface area contributed by atoms with Crippen molar-refractivity contribution in [3.05, 3.63) is 72.8 Å². The molecule has 3 aromatic carbocycles. The molecule has 134 valence electrons. The van der Waals surface area contributed by atoms with Crippen LogP contribution in [0.3, 0.4) is 0 Å². The number of ether oxygens (including phenoxy) is 3. The van der Waals surface area contributed by atoms with Crippen LogP contribution in [0.15, 0.2) is 72.8 Å². The Morgan fingerprint density at radius 2 is 0.769 bits per heavy atom. The fourth-order valence-electron chi connectivity index (χ4n) is 3.39. The monoisotopic (exact) mass is 457 g/mol. The van der Waals surface area contributed by atoms with Crippen LogP contribution >= 0.6 is 0 Å². The molecule has 0 aromatic heterocycles. The number of methoxy groups -OCH3 is 3. The van der Waals surface area contributed by atoms with Gasteiger partial charge in [0.15, 0.2) is 0 Å². The molecule has 3 aromatic rings. The molecule has 0 spiro atoms. The molecular formula is C22H24O3Sb+. The van der Waals surface area contributed by atoms with Crippen LogP contribution in [0.4, 0.5) is 0 Å². The van der Waals surface area contributed by atoms with Gasteiger partial charge in [-0.3, -0.25) is 0 Å². The van der Waals surface area contributed by atoms with Gasteiger partial charge in [-0.05, 0) is 0 Å². The summed E-state index contributed by atoms with van der Waals surface area (Å²) in [5.41, 5.74) is 0. The summed E-state index contributed by atoms with van der Waals surface area (Å²) in [6.07, 6.45) is 0. The number of rotatable bonds is 6. The van der Waals surface area contributed by atoms with Crippen LogP contribution in [0, 0.1) is 0 Å². The summed E-state index contributed by atoms with van der Waals surface area (Å²) in [5, 5.41) is 0. The molecule has 0 fully saturated rings. The fraction of sp³-hybridized carbons (Fsp3) is 0.182. The standard InChI is InChI=1S/3C7H7O.CH3.Sb/c3*1-8-7-5-3-2-4-6-7;;/h3*2-5H,1H3;1H3;/q;;;;+1. The van der Waals surface area contributed by atoms with Gasteiger partial charge in [0.2, 0.25) is 0 Å². The van der Waals surface area contributed by atoms with E-state index in [1.54, 1.807) is 21.3 Å². The van der Waals surface area contributed by atoms with Crippen LogP contribution in [-0.4, -0.2) is 40.1 Å². The molecule has 0 bridgehead atoms. The van der Waals surface area contributed by atoms with E-state index in [4.69, 9.17) is 14.2 Å². The number of benzene rings is 3. The Morgan fingerprint density at radius 3 is 1.04 bits per heavy atom. The number of para-hydroxylation sites is 3. The van der Waals surface area contributed by atoms with E-state index in [1.165, 1.54) is 10.5 Å². The van der Waals surface area contributed by atoms with Crippen LogP contribution in [0.1, 0.15) is 0 Å². The zero-order valence-electron chi connectivity index (χ0n) is 15.6. The number of hydrogen-bond acceptors (Lipinski definition) is 3. The van der Waals surface area contributed by atoms with Crippen LogP contribution in [0.5, 0.6) is 17.2 Å². The summed E-state index contributed by atoms with van der Waals surface area (Å²) < 4.78 is 21.0. The van der Waals surface area contributed by atoms with E-state index in [0.717, 1.165) is 17.2 Å². The van der Waals surface area contributed by atoms with Gasteiger partial charge in [0.25, 0.3) is 0 Å². The van der Waals surface area contributed by atoms with Crippen LogP contribution in [0.25, 0.3) is 0 Å². The molecule has 4 heteroatoms. The topological polar surface area (TPSA) is 27.7 Å². The molecule has 3 nitrogen and oxygen atoms in total. The van der Waals surface area contributed by atoms with Crippen molar-refractivity contribution in [3.8, 4) is 17.2 Å². The molecule has 0 aliphatic rings. The van der Waals surface area contributed by atoms with Crippen LogP contribution in [-0.2, 0) is 0 Å². The molecule has 3 rings (SSSR count). The molecule has 0 radical (unpaired) electrons. The van der Waals surface area contributed by atoms with Gasteiger partial charge in [-0.2, -0.15) is 0 Å². The second-order valence-electron chi connectivity index (χ2n) is 6.02. The van der Waals surface area contributed by atoms with Gasteiger partial charge < -0.3 is 0 Å².